The van der Waals surface area contributed by atoms with Crippen LogP contribution in [0.3, 0.4) is 0 Å². The van der Waals surface area contributed by atoms with Crippen molar-refractivity contribution in [2.45, 2.75) is 39.0 Å². The normalized spacial score (nSPS) is 10.8. The van der Waals surface area contributed by atoms with Gasteiger partial charge in [0.15, 0.2) is 0 Å². The first-order valence-corrected chi connectivity index (χ1v) is 5.62. The molecule has 0 saturated heterocycles. The van der Waals surface area contributed by atoms with E-state index in [0.29, 0.717) is 6.42 Å². The molecule has 0 amide bonds. The standard InChI is InChI=1S/C7H16O3S.Ca/c1-2-3-4-5-6-7-11(8,9)10;/h2-7H2,1H3,(H,8,9,10);/q;+2. The van der Waals surface area contributed by atoms with Gasteiger partial charge in [-0.2, -0.15) is 8.42 Å². The van der Waals surface area contributed by atoms with E-state index >= 15 is 0 Å². The minimum Gasteiger partial charge on any atom is -0.286 e. The summed E-state index contributed by atoms with van der Waals surface area (Å²) < 4.78 is 28.8. The molecule has 0 atom stereocenters. The number of rotatable bonds is 6. The number of unbranched alkanes of at least 4 members (excludes halogenated alkanes) is 4. The van der Waals surface area contributed by atoms with Gasteiger partial charge in [-0.25, -0.2) is 0 Å². The zero-order valence-corrected chi connectivity index (χ0v) is 10.6. The Morgan fingerprint density at radius 2 is 1.58 bits per heavy atom. The molecule has 0 rings (SSSR count). The van der Waals surface area contributed by atoms with Crippen LogP contribution in [0.1, 0.15) is 39.0 Å². The topological polar surface area (TPSA) is 54.4 Å². The summed E-state index contributed by atoms with van der Waals surface area (Å²) in [5, 5.41) is 0. The largest absolute Gasteiger partial charge is 2.00 e. The predicted molar refractivity (Wildman–Crippen MR) is 50.9 cm³/mol. The van der Waals surface area contributed by atoms with Crippen LogP contribution in [0.25, 0.3) is 0 Å². The minimum atomic E-state index is -3.71. The van der Waals surface area contributed by atoms with Crippen LogP contribution in [-0.4, -0.2) is 56.5 Å². The van der Waals surface area contributed by atoms with Gasteiger partial charge in [-0.3, -0.25) is 4.55 Å². The summed E-state index contributed by atoms with van der Waals surface area (Å²) in [7, 11) is -3.71. The summed E-state index contributed by atoms with van der Waals surface area (Å²) in [5.74, 6) is -0.0866. The zero-order chi connectivity index (χ0) is 8.74. The van der Waals surface area contributed by atoms with Gasteiger partial charge in [0.05, 0.1) is 5.75 Å². The SMILES string of the molecule is CCCCCCCS(=O)(=O)O.[Ca+2]. The van der Waals surface area contributed by atoms with Gasteiger partial charge >= 0.3 is 37.7 Å². The van der Waals surface area contributed by atoms with Crippen molar-refractivity contribution in [1.29, 1.82) is 0 Å². The fourth-order valence-corrected chi connectivity index (χ4v) is 1.46. The molecule has 0 aliphatic heterocycles. The van der Waals surface area contributed by atoms with E-state index in [1.54, 1.807) is 0 Å². The predicted octanol–water partition coefficient (Wildman–Crippen LogP) is 1.46. The second-order valence-corrected chi connectivity index (χ2v) is 4.27. The minimum absolute atomic E-state index is 0. The number of hydrogen-bond donors (Lipinski definition) is 1. The molecule has 1 N–H and O–H groups in total. The van der Waals surface area contributed by atoms with E-state index in [1.807, 2.05) is 0 Å². The molecule has 0 aromatic rings. The van der Waals surface area contributed by atoms with Gasteiger partial charge in [-0.1, -0.05) is 32.6 Å². The molecule has 0 saturated carbocycles. The van der Waals surface area contributed by atoms with Crippen LogP contribution in [0.2, 0.25) is 0 Å². The van der Waals surface area contributed by atoms with E-state index in [9.17, 15) is 8.42 Å². The third-order valence-corrected chi connectivity index (χ3v) is 2.31. The third-order valence-electron chi connectivity index (χ3n) is 1.51. The smallest absolute Gasteiger partial charge is 0.286 e. The molecule has 0 fully saturated rings. The van der Waals surface area contributed by atoms with Crippen LogP contribution < -0.4 is 0 Å². The van der Waals surface area contributed by atoms with E-state index in [4.69, 9.17) is 4.55 Å². The Bertz CT molecular complexity index is 177. The molecule has 5 heteroatoms. The van der Waals surface area contributed by atoms with Crippen molar-refractivity contribution in [3.05, 3.63) is 0 Å². The van der Waals surface area contributed by atoms with Crippen LogP contribution >= 0.6 is 0 Å². The van der Waals surface area contributed by atoms with Gasteiger partial charge in [0.25, 0.3) is 10.1 Å². The molecule has 0 spiro atoms. The van der Waals surface area contributed by atoms with Crippen molar-refractivity contribution in [2.75, 3.05) is 5.75 Å². The van der Waals surface area contributed by atoms with Gasteiger partial charge in [-0.05, 0) is 6.42 Å². The molecular formula is C7H16CaO3S+2. The Morgan fingerprint density at radius 3 is 2.00 bits per heavy atom. The summed E-state index contributed by atoms with van der Waals surface area (Å²) in [4.78, 5) is 0. The second-order valence-electron chi connectivity index (χ2n) is 2.70. The Hall–Kier alpha value is 1.17. The van der Waals surface area contributed by atoms with Gasteiger partial charge in [0.2, 0.25) is 0 Å². The summed E-state index contributed by atoms with van der Waals surface area (Å²) in [6.45, 7) is 2.10. The molecule has 0 heterocycles. The second kappa shape index (κ2) is 8.75. The van der Waals surface area contributed by atoms with Gasteiger partial charge in [0.1, 0.15) is 0 Å². The van der Waals surface area contributed by atoms with E-state index < -0.39 is 10.1 Å². The van der Waals surface area contributed by atoms with Crippen molar-refractivity contribution < 1.29 is 13.0 Å². The van der Waals surface area contributed by atoms with Crippen LogP contribution in [0.5, 0.6) is 0 Å². The van der Waals surface area contributed by atoms with Crippen molar-refractivity contribution in [2.24, 2.45) is 0 Å². The fraction of sp³-hybridized carbons (Fsp3) is 1.00. The third kappa shape index (κ3) is 13.7. The summed E-state index contributed by atoms with van der Waals surface area (Å²) in [6.07, 6.45) is 4.83. The van der Waals surface area contributed by atoms with E-state index in [-0.39, 0.29) is 43.5 Å². The van der Waals surface area contributed by atoms with Crippen LogP contribution in [0.15, 0.2) is 0 Å². The average molecular weight is 220 g/mol. The zero-order valence-electron chi connectivity index (χ0n) is 7.62. The molecule has 0 radical (unpaired) electrons. The molecule has 0 unspecified atom stereocenters. The van der Waals surface area contributed by atoms with Crippen LogP contribution in [0, 0.1) is 0 Å². The first kappa shape index (κ1) is 15.6. The van der Waals surface area contributed by atoms with Crippen LogP contribution in [-0.2, 0) is 10.1 Å². The quantitative estimate of drug-likeness (QED) is 0.419. The first-order chi connectivity index (χ1) is 5.06. The average Bonchev–Trinajstić information content (AvgIpc) is 1.85. The monoisotopic (exact) mass is 220 g/mol. The van der Waals surface area contributed by atoms with E-state index in [1.165, 1.54) is 0 Å². The Kier molecular flexibility index (Phi) is 11.4. The molecular weight excluding hydrogens is 204 g/mol. The molecule has 0 aromatic carbocycles. The van der Waals surface area contributed by atoms with Crippen molar-refractivity contribution in [3.8, 4) is 0 Å². The molecule has 68 valence electrons. The van der Waals surface area contributed by atoms with Crippen molar-refractivity contribution in [1.82, 2.24) is 0 Å². The molecule has 0 aliphatic rings. The van der Waals surface area contributed by atoms with Crippen molar-refractivity contribution >= 4 is 47.9 Å². The molecule has 3 nitrogen and oxygen atoms in total. The Labute approximate surface area is 105 Å². The molecule has 12 heavy (non-hydrogen) atoms. The maximum Gasteiger partial charge on any atom is 2.00 e. The molecule has 0 aliphatic carbocycles. The van der Waals surface area contributed by atoms with E-state index in [0.717, 1.165) is 25.7 Å². The van der Waals surface area contributed by atoms with Gasteiger partial charge < -0.3 is 0 Å². The summed E-state index contributed by atoms with van der Waals surface area (Å²) in [6, 6.07) is 0. The first-order valence-electron chi connectivity index (χ1n) is 4.01. The Morgan fingerprint density at radius 1 is 1.08 bits per heavy atom. The van der Waals surface area contributed by atoms with E-state index in [2.05, 4.69) is 6.92 Å². The van der Waals surface area contributed by atoms with Crippen LogP contribution in [0.4, 0.5) is 0 Å². The van der Waals surface area contributed by atoms with Gasteiger partial charge in [-0.15, -0.1) is 0 Å². The summed E-state index contributed by atoms with van der Waals surface area (Å²) >= 11 is 0. The number of hydrogen-bond acceptors (Lipinski definition) is 2. The maximum absolute atomic E-state index is 10.2. The maximum atomic E-state index is 10.2. The molecule has 0 bridgehead atoms. The van der Waals surface area contributed by atoms with Crippen molar-refractivity contribution in [3.63, 3.8) is 0 Å². The summed E-state index contributed by atoms with van der Waals surface area (Å²) in [5.41, 5.74) is 0. The Balaban J connectivity index is 0. The van der Waals surface area contributed by atoms with Gasteiger partial charge in [0, 0.05) is 0 Å². The fourth-order valence-electron chi connectivity index (χ4n) is 0.888. The molecule has 0 aromatic heterocycles.